The number of aromatic nitrogens is 2. The lowest BCUT2D eigenvalue weighted by Crippen LogP contribution is -2.44. The molecule has 1 saturated carbocycles. The Kier molecular flexibility index (Phi) is 4.29. The molecule has 2 fully saturated rings. The van der Waals surface area contributed by atoms with Crippen LogP contribution in [-0.2, 0) is 0 Å². The first-order valence-corrected chi connectivity index (χ1v) is 8.21. The second-order valence-corrected chi connectivity index (χ2v) is 6.91. The second-order valence-electron chi connectivity index (χ2n) is 6.91. The minimum atomic E-state index is 0.366. The molecule has 0 spiro atoms. The topological polar surface area (TPSA) is 67.1 Å². The highest BCUT2D eigenvalue weighted by atomic mass is 15.3. The smallest absolute Gasteiger partial charge is 0.225 e. The van der Waals surface area contributed by atoms with Crippen LogP contribution in [-0.4, -0.2) is 35.1 Å². The first-order valence-electron chi connectivity index (χ1n) is 8.21. The molecule has 0 amide bonds. The van der Waals surface area contributed by atoms with E-state index in [9.17, 15) is 0 Å². The third-order valence-corrected chi connectivity index (χ3v) is 4.95. The van der Waals surface area contributed by atoms with Crippen LogP contribution >= 0.6 is 0 Å². The summed E-state index contributed by atoms with van der Waals surface area (Å²) in [4.78, 5) is 11.4. The van der Waals surface area contributed by atoms with Gasteiger partial charge in [0.05, 0.1) is 18.1 Å². The van der Waals surface area contributed by atoms with Crippen molar-refractivity contribution in [1.82, 2.24) is 9.97 Å². The second kappa shape index (κ2) is 6.18. The summed E-state index contributed by atoms with van der Waals surface area (Å²) in [6.45, 7) is 6.80. The summed E-state index contributed by atoms with van der Waals surface area (Å²) in [5, 5.41) is 3.44. The van der Waals surface area contributed by atoms with Crippen molar-refractivity contribution in [2.45, 2.75) is 51.6 Å². The van der Waals surface area contributed by atoms with Crippen molar-refractivity contribution in [3.05, 3.63) is 12.4 Å². The van der Waals surface area contributed by atoms with Gasteiger partial charge in [-0.25, -0.2) is 9.97 Å². The van der Waals surface area contributed by atoms with Gasteiger partial charge in [-0.1, -0.05) is 13.8 Å². The Morgan fingerprint density at radius 1 is 1.19 bits per heavy atom. The number of nitrogens with one attached hydrogen (secondary N) is 1. The first-order chi connectivity index (χ1) is 10.1. The lowest BCUT2D eigenvalue weighted by atomic mass is 9.87. The maximum absolute atomic E-state index is 5.80. The Hall–Kier alpha value is -1.36. The summed E-state index contributed by atoms with van der Waals surface area (Å²) in [5.41, 5.74) is 6.81. The van der Waals surface area contributed by atoms with Gasteiger partial charge in [-0.15, -0.1) is 0 Å². The molecule has 5 heteroatoms. The lowest BCUT2D eigenvalue weighted by Gasteiger charge is -2.34. The van der Waals surface area contributed by atoms with Crippen LogP contribution in [0.3, 0.4) is 0 Å². The predicted molar refractivity (Wildman–Crippen MR) is 86.4 cm³/mol. The number of hydrogen-bond acceptors (Lipinski definition) is 5. The van der Waals surface area contributed by atoms with Gasteiger partial charge in [0.15, 0.2) is 0 Å². The highest BCUT2D eigenvalue weighted by molar-refractivity contribution is 5.43. The molecule has 116 valence electrons. The van der Waals surface area contributed by atoms with Crippen LogP contribution in [0, 0.1) is 11.8 Å². The molecule has 0 radical (unpaired) electrons. The Balaban J connectivity index is 1.52. The van der Waals surface area contributed by atoms with Crippen molar-refractivity contribution < 1.29 is 0 Å². The molecule has 2 aliphatic rings. The van der Waals surface area contributed by atoms with E-state index in [1.165, 1.54) is 12.8 Å². The van der Waals surface area contributed by atoms with Crippen LogP contribution in [0.1, 0.15) is 39.5 Å². The number of piperidine rings is 1. The molecular formula is C16H27N5. The summed E-state index contributed by atoms with van der Waals surface area (Å²) in [5.74, 6) is 2.51. The number of hydrogen-bond donors (Lipinski definition) is 2. The highest BCUT2D eigenvalue weighted by Gasteiger charge is 2.26. The third-order valence-electron chi connectivity index (χ3n) is 4.95. The van der Waals surface area contributed by atoms with Crippen molar-refractivity contribution in [2.75, 3.05) is 23.3 Å². The van der Waals surface area contributed by atoms with Gasteiger partial charge in [0, 0.05) is 25.2 Å². The molecule has 1 aromatic heterocycles. The standard InChI is InChI=1S/C16H27N5/c1-11(2)12-3-5-21(6-4-12)16-18-9-15(10-19-16)20-14-7-13(17)8-14/h9-14,20H,3-8,17H2,1-2H3. The van der Waals surface area contributed by atoms with Crippen LogP contribution in [0.5, 0.6) is 0 Å². The maximum Gasteiger partial charge on any atom is 0.225 e. The zero-order chi connectivity index (χ0) is 14.8. The molecule has 3 rings (SSSR count). The van der Waals surface area contributed by atoms with Gasteiger partial charge in [0.25, 0.3) is 0 Å². The first kappa shape index (κ1) is 14.6. The van der Waals surface area contributed by atoms with E-state index in [2.05, 4.69) is 34.0 Å². The van der Waals surface area contributed by atoms with E-state index in [1.54, 1.807) is 0 Å². The van der Waals surface area contributed by atoms with Crippen LogP contribution in [0.25, 0.3) is 0 Å². The van der Waals surface area contributed by atoms with Crippen molar-refractivity contribution in [3.63, 3.8) is 0 Å². The van der Waals surface area contributed by atoms with E-state index in [-0.39, 0.29) is 0 Å². The summed E-state index contributed by atoms with van der Waals surface area (Å²) >= 11 is 0. The molecule has 21 heavy (non-hydrogen) atoms. The molecule has 1 aromatic rings. The Morgan fingerprint density at radius 2 is 1.81 bits per heavy atom. The monoisotopic (exact) mass is 289 g/mol. The van der Waals surface area contributed by atoms with Gasteiger partial charge in [-0.2, -0.15) is 0 Å². The molecule has 0 atom stereocenters. The van der Waals surface area contributed by atoms with Crippen LogP contribution in [0.4, 0.5) is 11.6 Å². The minimum absolute atomic E-state index is 0.366. The van der Waals surface area contributed by atoms with E-state index < -0.39 is 0 Å². The zero-order valence-electron chi connectivity index (χ0n) is 13.1. The molecule has 0 aromatic carbocycles. The average Bonchev–Trinajstić information content (AvgIpc) is 2.46. The summed E-state index contributed by atoms with van der Waals surface area (Å²) in [6.07, 6.45) is 8.40. The normalized spacial score (nSPS) is 26.8. The average molecular weight is 289 g/mol. The minimum Gasteiger partial charge on any atom is -0.380 e. The van der Waals surface area contributed by atoms with Gasteiger partial charge in [0.1, 0.15) is 0 Å². The van der Waals surface area contributed by atoms with Gasteiger partial charge in [-0.3, -0.25) is 0 Å². The quantitative estimate of drug-likeness (QED) is 0.890. The summed E-state index contributed by atoms with van der Waals surface area (Å²) in [7, 11) is 0. The van der Waals surface area contributed by atoms with E-state index in [1.807, 2.05) is 12.4 Å². The molecule has 1 saturated heterocycles. The van der Waals surface area contributed by atoms with Crippen LogP contribution in [0.15, 0.2) is 12.4 Å². The maximum atomic E-state index is 5.80. The van der Waals surface area contributed by atoms with E-state index in [0.717, 1.165) is 49.4 Å². The SMILES string of the molecule is CC(C)C1CCN(c2ncc(NC3CC(N)C3)cn2)CC1. The number of anilines is 2. The zero-order valence-corrected chi connectivity index (χ0v) is 13.1. The van der Waals surface area contributed by atoms with E-state index in [0.29, 0.717) is 12.1 Å². The van der Waals surface area contributed by atoms with Gasteiger partial charge < -0.3 is 16.0 Å². The van der Waals surface area contributed by atoms with E-state index >= 15 is 0 Å². The molecule has 0 unspecified atom stereocenters. The van der Waals surface area contributed by atoms with Crippen LogP contribution < -0.4 is 16.0 Å². The molecule has 0 bridgehead atoms. The number of rotatable bonds is 4. The largest absolute Gasteiger partial charge is 0.380 e. The lowest BCUT2D eigenvalue weighted by molar-refractivity contribution is 0.310. The fourth-order valence-corrected chi connectivity index (χ4v) is 3.34. The molecule has 5 nitrogen and oxygen atoms in total. The van der Waals surface area contributed by atoms with Crippen molar-refractivity contribution in [3.8, 4) is 0 Å². The Labute approximate surface area is 127 Å². The van der Waals surface area contributed by atoms with Crippen molar-refractivity contribution in [1.29, 1.82) is 0 Å². The Morgan fingerprint density at radius 3 is 2.33 bits per heavy atom. The van der Waals surface area contributed by atoms with Gasteiger partial charge in [-0.05, 0) is 37.5 Å². The highest BCUT2D eigenvalue weighted by Crippen LogP contribution is 2.27. The van der Waals surface area contributed by atoms with Crippen LogP contribution in [0.2, 0.25) is 0 Å². The predicted octanol–water partition coefficient (Wildman–Crippen LogP) is 2.25. The number of nitrogens with two attached hydrogens (primary N) is 1. The summed E-state index contributed by atoms with van der Waals surface area (Å²) in [6, 6.07) is 0.862. The molecule has 1 aliphatic carbocycles. The molecule has 2 heterocycles. The summed E-state index contributed by atoms with van der Waals surface area (Å²) < 4.78 is 0. The molecular weight excluding hydrogens is 262 g/mol. The van der Waals surface area contributed by atoms with Gasteiger partial charge in [0.2, 0.25) is 5.95 Å². The third kappa shape index (κ3) is 3.46. The fraction of sp³-hybridized carbons (Fsp3) is 0.750. The van der Waals surface area contributed by atoms with Crippen molar-refractivity contribution >= 4 is 11.6 Å². The van der Waals surface area contributed by atoms with E-state index in [4.69, 9.17) is 5.73 Å². The Bertz CT molecular complexity index is 444. The molecule has 1 aliphatic heterocycles. The van der Waals surface area contributed by atoms with Gasteiger partial charge >= 0.3 is 0 Å². The molecule has 3 N–H and O–H groups in total. The number of nitrogens with zero attached hydrogens (tertiary/aromatic N) is 3. The fourth-order valence-electron chi connectivity index (χ4n) is 3.34. The van der Waals surface area contributed by atoms with Crippen molar-refractivity contribution in [2.24, 2.45) is 17.6 Å².